The van der Waals surface area contributed by atoms with Crippen molar-refractivity contribution in [3.63, 3.8) is 0 Å². The first-order valence-corrected chi connectivity index (χ1v) is 13.4. The summed E-state index contributed by atoms with van der Waals surface area (Å²) in [5.74, 6) is -0.209. The molecule has 2 aromatic carbocycles. The molecular weight excluding hydrogens is 450 g/mol. The number of carbonyl (C=O) groups is 1. The van der Waals surface area contributed by atoms with Crippen molar-refractivity contribution in [2.45, 2.75) is 43.4 Å². The number of sulfonamides is 2. The molecule has 1 amide bonds. The Morgan fingerprint density at radius 1 is 0.844 bits per heavy atom. The summed E-state index contributed by atoms with van der Waals surface area (Å²) in [6.07, 6.45) is 0.666. The smallest absolute Gasteiger partial charge is 0.243 e. The van der Waals surface area contributed by atoms with Crippen molar-refractivity contribution < 1.29 is 21.6 Å². The van der Waals surface area contributed by atoms with Gasteiger partial charge in [0.05, 0.1) is 9.79 Å². The van der Waals surface area contributed by atoms with E-state index in [1.807, 2.05) is 6.92 Å². The van der Waals surface area contributed by atoms with E-state index < -0.39 is 20.0 Å². The van der Waals surface area contributed by atoms with Crippen molar-refractivity contribution in [3.8, 4) is 0 Å². The standard InChI is InChI=1S/C22H31N3O5S2/c1-4-25(5-2)32(29,30)21-13-8-19(9-14-21)10-15-22(26)23-16-17-24-31(27,28)20-11-6-18(3)7-12-20/h6-9,11-14,24H,4-5,10,15-17H2,1-3H3,(H,23,26). The van der Waals surface area contributed by atoms with Crippen LogP contribution < -0.4 is 10.0 Å². The first-order chi connectivity index (χ1) is 15.1. The summed E-state index contributed by atoms with van der Waals surface area (Å²) < 4.78 is 53.3. The van der Waals surface area contributed by atoms with Crippen LogP contribution in [-0.4, -0.2) is 53.2 Å². The summed E-state index contributed by atoms with van der Waals surface area (Å²) in [4.78, 5) is 12.5. The van der Waals surface area contributed by atoms with Crippen LogP contribution in [0.25, 0.3) is 0 Å². The molecule has 2 aromatic rings. The highest BCUT2D eigenvalue weighted by atomic mass is 32.2. The Morgan fingerprint density at radius 2 is 1.41 bits per heavy atom. The van der Waals surface area contributed by atoms with Gasteiger partial charge in [0.15, 0.2) is 0 Å². The van der Waals surface area contributed by atoms with Gasteiger partial charge >= 0.3 is 0 Å². The molecule has 0 aliphatic carbocycles. The Morgan fingerprint density at radius 3 is 1.97 bits per heavy atom. The maximum atomic E-state index is 12.5. The Labute approximate surface area is 191 Å². The van der Waals surface area contributed by atoms with Crippen LogP contribution in [0.15, 0.2) is 58.3 Å². The number of hydrogen-bond acceptors (Lipinski definition) is 5. The van der Waals surface area contributed by atoms with Gasteiger partial charge in [-0.2, -0.15) is 4.31 Å². The zero-order chi connectivity index (χ0) is 23.8. The summed E-state index contributed by atoms with van der Waals surface area (Å²) in [6, 6.07) is 13.0. The lowest BCUT2D eigenvalue weighted by Gasteiger charge is -2.18. The van der Waals surface area contributed by atoms with Crippen LogP contribution >= 0.6 is 0 Å². The fraction of sp³-hybridized carbons (Fsp3) is 0.409. The van der Waals surface area contributed by atoms with E-state index in [-0.39, 0.29) is 35.2 Å². The van der Waals surface area contributed by atoms with Gasteiger partial charge in [0, 0.05) is 32.6 Å². The first-order valence-electron chi connectivity index (χ1n) is 10.5. The second-order valence-corrected chi connectivity index (χ2v) is 11.0. The summed E-state index contributed by atoms with van der Waals surface area (Å²) in [5, 5.41) is 2.68. The van der Waals surface area contributed by atoms with Crippen LogP contribution in [0.1, 0.15) is 31.4 Å². The van der Waals surface area contributed by atoms with E-state index in [1.165, 1.54) is 16.4 Å². The van der Waals surface area contributed by atoms with Gasteiger partial charge < -0.3 is 5.32 Å². The maximum absolute atomic E-state index is 12.5. The second-order valence-electron chi connectivity index (χ2n) is 7.29. The van der Waals surface area contributed by atoms with Crippen molar-refractivity contribution >= 4 is 26.0 Å². The molecule has 32 heavy (non-hydrogen) atoms. The molecular formula is C22H31N3O5S2. The molecule has 0 radical (unpaired) electrons. The molecule has 0 atom stereocenters. The van der Waals surface area contributed by atoms with Crippen LogP contribution in [-0.2, 0) is 31.3 Å². The van der Waals surface area contributed by atoms with Crippen LogP contribution in [0.5, 0.6) is 0 Å². The van der Waals surface area contributed by atoms with Crippen LogP contribution in [0.4, 0.5) is 0 Å². The number of amides is 1. The van der Waals surface area contributed by atoms with E-state index in [1.54, 1.807) is 50.2 Å². The third-order valence-corrected chi connectivity index (χ3v) is 8.52. The number of nitrogens with one attached hydrogen (secondary N) is 2. The van der Waals surface area contributed by atoms with Gasteiger partial charge in [-0.3, -0.25) is 4.79 Å². The lowest BCUT2D eigenvalue weighted by atomic mass is 10.1. The molecule has 0 unspecified atom stereocenters. The predicted molar refractivity (Wildman–Crippen MR) is 124 cm³/mol. The average Bonchev–Trinajstić information content (AvgIpc) is 2.76. The minimum atomic E-state index is -3.61. The SMILES string of the molecule is CCN(CC)S(=O)(=O)c1ccc(CCC(=O)NCCNS(=O)(=O)c2ccc(C)cc2)cc1. The topological polar surface area (TPSA) is 113 Å². The lowest BCUT2D eigenvalue weighted by molar-refractivity contribution is -0.121. The van der Waals surface area contributed by atoms with Crippen LogP contribution in [0.2, 0.25) is 0 Å². The third kappa shape index (κ3) is 7.13. The Kier molecular flexibility index (Phi) is 9.38. The van der Waals surface area contributed by atoms with Crippen molar-refractivity contribution in [3.05, 3.63) is 59.7 Å². The first kappa shape index (κ1) is 26.0. The Bertz CT molecular complexity index is 1090. The van der Waals surface area contributed by atoms with E-state index in [0.29, 0.717) is 19.5 Å². The molecule has 0 aromatic heterocycles. The quantitative estimate of drug-likeness (QED) is 0.451. The molecule has 0 bridgehead atoms. The largest absolute Gasteiger partial charge is 0.355 e. The van der Waals surface area contributed by atoms with Gasteiger partial charge in [-0.15, -0.1) is 0 Å². The number of rotatable bonds is 12. The molecule has 0 spiro atoms. The molecule has 176 valence electrons. The highest BCUT2D eigenvalue weighted by Gasteiger charge is 2.21. The lowest BCUT2D eigenvalue weighted by Crippen LogP contribution is -2.34. The van der Waals surface area contributed by atoms with Crippen LogP contribution in [0, 0.1) is 6.92 Å². The molecule has 0 aliphatic rings. The van der Waals surface area contributed by atoms with E-state index in [9.17, 15) is 21.6 Å². The van der Waals surface area contributed by atoms with Gasteiger partial charge in [-0.05, 0) is 43.2 Å². The molecule has 0 fully saturated rings. The third-order valence-electron chi connectivity index (χ3n) is 4.98. The maximum Gasteiger partial charge on any atom is 0.243 e. The molecule has 0 saturated carbocycles. The second kappa shape index (κ2) is 11.6. The van der Waals surface area contributed by atoms with Crippen molar-refractivity contribution in [2.75, 3.05) is 26.2 Å². The van der Waals surface area contributed by atoms with E-state index in [4.69, 9.17) is 0 Å². The zero-order valence-electron chi connectivity index (χ0n) is 18.7. The van der Waals surface area contributed by atoms with Crippen LogP contribution in [0.3, 0.4) is 0 Å². The number of carbonyl (C=O) groups excluding carboxylic acids is 1. The van der Waals surface area contributed by atoms with Gasteiger partial charge in [0.25, 0.3) is 0 Å². The van der Waals surface area contributed by atoms with E-state index >= 15 is 0 Å². The number of benzene rings is 2. The van der Waals surface area contributed by atoms with E-state index in [2.05, 4.69) is 10.0 Å². The number of aryl methyl sites for hydroxylation is 2. The molecule has 8 nitrogen and oxygen atoms in total. The normalized spacial score (nSPS) is 12.1. The van der Waals surface area contributed by atoms with Crippen molar-refractivity contribution in [2.24, 2.45) is 0 Å². The van der Waals surface area contributed by atoms with Gasteiger partial charge in [0.2, 0.25) is 26.0 Å². The van der Waals surface area contributed by atoms with Gasteiger partial charge in [-0.1, -0.05) is 43.7 Å². The van der Waals surface area contributed by atoms with Gasteiger partial charge in [0.1, 0.15) is 0 Å². The molecule has 2 N–H and O–H groups in total. The summed E-state index contributed by atoms with van der Waals surface area (Å²) in [7, 11) is -7.11. The predicted octanol–water partition coefficient (Wildman–Crippen LogP) is 2.05. The Hall–Kier alpha value is -2.27. The fourth-order valence-electron chi connectivity index (χ4n) is 3.08. The number of hydrogen-bond donors (Lipinski definition) is 2. The Balaban J connectivity index is 1.78. The highest BCUT2D eigenvalue weighted by molar-refractivity contribution is 7.89. The zero-order valence-corrected chi connectivity index (χ0v) is 20.3. The fourth-order valence-corrected chi connectivity index (χ4v) is 5.56. The minimum Gasteiger partial charge on any atom is -0.355 e. The average molecular weight is 482 g/mol. The highest BCUT2D eigenvalue weighted by Crippen LogP contribution is 2.17. The minimum absolute atomic E-state index is 0.0832. The summed E-state index contributed by atoms with van der Waals surface area (Å²) in [6.45, 7) is 6.53. The molecule has 10 heteroatoms. The van der Waals surface area contributed by atoms with E-state index in [0.717, 1.165) is 11.1 Å². The van der Waals surface area contributed by atoms with Gasteiger partial charge in [-0.25, -0.2) is 21.6 Å². The monoisotopic (exact) mass is 481 g/mol. The molecule has 2 rings (SSSR count). The van der Waals surface area contributed by atoms with Crippen molar-refractivity contribution in [1.29, 1.82) is 0 Å². The molecule has 0 heterocycles. The number of nitrogens with zero attached hydrogens (tertiary/aromatic N) is 1. The summed E-state index contributed by atoms with van der Waals surface area (Å²) in [5.41, 5.74) is 1.81. The molecule has 0 aliphatic heterocycles. The van der Waals surface area contributed by atoms with Crippen molar-refractivity contribution in [1.82, 2.24) is 14.3 Å². The molecule has 0 saturated heterocycles. The summed E-state index contributed by atoms with van der Waals surface area (Å²) >= 11 is 0.